The van der Waals surface area contributed by atoms with E-state index in [4.69, 9.17) is 4.42 Å². The number of piperazine rings is 1. The number of allylic oxidation sites excluding steroid dienone is 1. The Bertz CT molecular complexity index is 1270. The molecule has 1 aromatic carbocycles. The van der Waals surface area contributed by atoms with Gasteiger partial charge >= 0.3 is 18.0 Å². The number of carbonyl (C=O) groups is 2. The molecule has 39 heavy (non-hydrogen) atoms. The van der Waals surface area contributed by atoms with Gasteiger partial charge in [-0.25, -0.2) is 4.79 Å². The number of carboxylic acid groups (broad SMARTS) is 2. The number of anilines is 2. The highest BCUT2D eigenvalue weighted by Crippen LogP contribution is 2.40. The van der Waals surface area contributed by atoms with Crippen molar-refractivity contribution in [3.8, 4) is 0 Å². The number of nitrogens with zero attached hydrogens (tertiary/aromatic N) is 5. The molecule has 0 amide bonds. The molecule has 2 atom stereocenters. The Morgan fingerprint density at radius 1 is 1.05 bits per heavy atom. The molecule has 1 aliphatic carbocycles. The van der Waals surface area contributed by atoms with Crippen molar-refractivity contribution in [2.24, 2.45) is 10.9 Å². The van der Waals surface area contributed by atoms with Gasteiger partial charge in [-0.2, -0.15) is 0 Å². The van der Waals surface area contributed by atoms with Crippen LogP contribution in [0.1, 0.15) is 63.3 Å². The smallest absolute Gasteiger partial charge is 0.334 e. The van der Waals surface area contributed by atoms with E-state index in [9.17, 15) is 19.8 Å². The molecule has 0 spiro atoms. The lowest BCUT2D eigenvalue weighted by Gasteiger charge is -2.40. The summed E-state index contributed by atoms with van der Waals surface area (Å²) < 4.78 is 5.87. The maximum absolute atomic E-state index is 12.1. The summed E-state index contributed by atoms with van der Waals surface area (Å²) in [5, 5.41) is 31.2. The van der Waals surface area contributed by atoms with Crippen molar-refractivity contribution < 1.29 is 24.2 Å². The van der Waals surface area contributed by atoms with Crippen molar-refractivity contribution in [1.29, 1.82) is 0 Å². The third kappa shape index (κ3) is 6.04. The molecule has 11 nitrogen and oxygen atoms in total. The summed E-state index contributed by atoms with van der Waals surface area (Å²) in [5.41, 5.74) is 1.80. The van der Waals surface area contributed by atoms with Crippen LogP contribution in [0, 0.1) is 5.92 Å². The van der Waals surface area contributed by atoms with E-state index in [1.807, 2.05) is 0 Å². The standard InChI is InChI=1S/C28H36N6O5/c1-17-23(26(35)36)25(24(27(37)38)18(2)29-17)19-7-6-8-20(15-19)30-28-32-31-22(39-28)16-33-11-13-34(14-12-33)21-9-4-3-5-10-21/h6-8,15,21,23,25H,3-5,9-14,16H2,1-2H3,(H,30,32)(H,35,36)(H,37,38). The zero-order valence-corrected chi connectivity index (χ0v) is 22.5. The molecule has 2 fully saturated rings. The number of aliphatic imine (C=N–C) groups is 1. The molecular formula is C28H36N6O5. The SMILES string of the molecule is CC1=NC(C)=C(C(=O)O)C(c2cccc(Nc3nnc(CN4CCN(C5CCCCC5)CC4)o3)c2)C1C(=O)O. The van der Waals surface area contributed by atoms with Crippen LogP contribution in [0.5, 0.6) is 0 Å². The highest BCUT2D eigenvalue weighted by molar-refractivity contribution is 6.06. The maximum atomic E-state index is 12.1. The van der Waals surface area contributed by atoms with E-state index >= 15 is 0 Å². The molecule has 0 bridgehead atoms. The lowest BCUT2D eigenvalue weighted by Crippen LogP contribution is -2.50. The summed E-state index contributed by atoms with van der Waals surface area (Å²) in [6.45, 7) is 7.86. The molecule has 1 saturated carbocycles. The van der Waals surface area contributed by atoms with Gasteiger partial charge in [-0.3, -0.25) is 19.6 Å². The Morgan fingerprint density at radius 2 is 1.79 bits per heavy atom. The van der Waals surface area contributed by atoms with Crippen molar-refractivity contribution in [2.45, 2.75) is 64.5 Å². The second kappa shape index (κ2) is 11.7. The number of carboxylic acids is 2. The number of nitrogens with one attached hydrogen (secondary N) is 1. The van der Waals surface area contributed by atoms with Gasteiger partial charge in [0.25, 0.3) is 0 Å². The van der Waals surface area contributed by atoms with Gasteiger partial charge in [-0.15, -0.1) is 5.10 Å². The van der Waals surface area contributed by atoms with Crippen LogP contribution in [0.2, 0.25) is 0 Å². The third-order valence-electron chi connectivity index (χ3n) is 8.15. The highest BCUT2D eigenvalue weighted by atomic mass is 16.4. The first kappa shape index (κ1) is 27.0. The largest absolute Gasteiger partial charge is 0.481 e. The van der Waals surface area contributed by atoms with E-state index in [0.29, 0.717) is 35.1 Å². The van der Waals surface area contributed by atoms with Crippen LogP contribution < -0.4 is 5.32 Å². The number of benzene rings is 1. The normalized spacial score (nSPS) is 23.5. The number of hydrogen-bond acceptors (Lipinski definition) is 9. The summed E-state index contributed by atoms with van der Waals surface area (Å²) in [4.78, 5) is 33.4. The molecule has 2 unspecified atom stereocenters. The zero-order valence-electron chi connectivity index (χ0n) is 22.5. The number of rotatable bonds is 8. The van der Waals surface area contributed by atoms with Crippen LogP contribution in [0.15, 0.2) is 44.9 Å². The quantitative estimate of drug-likeness (QED) is 0.454. The highest BCUT2D eigenvalue weighted by Gasteiger charge is 2.41. The van der Waals surface area contributed by atoms with E-state index in [2.05, 4.69) is 30.3 Å². The topological polar surface area (TPSA) is 144 Å². The minimum atomic E-state index is -1.18. The first-order chi connectivity index (χ1) is 18.8. The molecule has 0 radical (unpaired) electrons. The Balaban J connectivity index is 1.25. The molecule has 2 aliphatic heterocycles. The van der Waals surface area contributed by atoms with E-state index < -0.39 is 23.8 Å². The van der Waals surface area contributed by atoms with Gasteiger partial charge in [0.15, 0.2) is 0 Å². The predicted molar refractivity (Wildman–Crippen MR) is 145 cm³/mol. The maximum Gasteiger partial charge on any atom is 0.334 e. The Kier molecular flexibility index (Phi) is 8.08. The van der Waals surface area contributed by atoms with Gasteiger partial charge in [-0.05, 0) is 44.4 Å². The average Bonchev–Trinajstić information content (AvgIpc) is 3.35. The Labute approximate surface area is 227 Å². The van der Waals surface area contributed by atoms with Gasteiger partial charge in [0.1, 0.15) is 5.92 Å². The molecule has 3 heterocycles. The van der Waals surface area contributed by atoms with Crippen molar-refractivity contribution >= 4 is 29.4 Å². The number of aromatic nitrogens is 2. The number of hydrogen-bond donors (Lipinski definition) is 3. The molecule has 208 valence electrons. The fourth-order valence-electron chi connectivity index (χ4n) is 6.22. The molecule has 1 saturated heterocycles. The first-order valence-corrected chi connectivity index (χ1v) is 13.7. The van der Waals surface area contributed by atoms with Crippen LogP contribution in [-0.2, 0) is 16.1 Å². The van der Waals surface area contributed by atoms with Gasteiger partial charge in [0.05, 0.1) is 12.1 Å². The summed E-state index contributed by atoms with van der Waals surface area (Å²) in [6, 6.07) is 7.95. The molecule has 3 N–H and O–H groups in total. The van der Waals surface area contributed by atoms with Crippen LogP contribution in [0.4, 0.5) is 11.7 Å². The second-order valence-electron chi connectivity index (χ2n) is 10.7. The first-order valence-electron chi connectivity index (χ1n) is 13.7. The lowest BCUT2D eigenvalue weighted by atomic mass is 9.75. The van der Waals surface area contributed by atoms with Crippen LogP contribution >= 0.6 is 0 Å². The predicted octanol–water partition coefficient (Wildman–Crippen LogP) is 3.88. The molecule has 1 aromatic heterocycles. The van der Waals surface area contributed by atoms with Crippen molar-refractivity contribution in [3.63, 3.8) is 0 Å². The van der Waals surface area contributed by atoms with E-state index in [0.717, 1.165) is 32.2 Å². The minimum absolute atomic E-state index is 0.0196. The van der Waals surface area contributed by atoms with Crippen LogP contribution in [0.25, 0.3) is 0 Å². The lowest BCUT2D eigenvalue weighted by molar-refractivity contribution is -0.140. The van der Waals surface area contributed by atoms with Gasteiger partial charge < -0.3 is 19.9 Å². The van der Waals surface area contributed by atoms with Gasteiger partial charge in [0.2, 0.25) is 5.89 Å². The van der Waals surface area contributed by atoms with Crippen molar-refractivity contribution in [2.75, 3.05) is 31.5 Å². The fourth-order valence-corrected chi connectivity index (χ4v) is 6.22. The second-order valence-corrected chi connectivity index (χ2v) is 10.7. The van der Waals surface area contributed by atoms with Gasteiger partial charge in [0, 0.05) is 55.2 Å². The summed E-state index contributed by atoms with van der Waals surface area (Å²) in [7, 11) is 0. The summed E-state index contributed by atoms with van der Waals surface area (Å²) >= 11 is 0. The Morgan fingerprint density at radius 3 is 2.49 bits per heavy atom. The molecule has 3 aliphatic rings. The third-order valence-corrected chi connectivity index (χ3v) is 8.15. The van der Waals surface area contributed by atoms with Crippen molar-refractivity contribution in [3.05, 3.63) is 47.0 Å². The molecule has 2 aromatic rings. The number of aliphatic carboxylic acids is 2. The van der Waals surface area contributed by atoms with Gasteiger partial charge in [-0.1, -0.05) is 36.5 Å². The fraction of sp³-hybridized carbons (Fsp3) is 0.536. The monoisotopic (exact) mass is 536 g/mol. The van der Waals surface area contributed by atoms with Crippen LogP contribution in [-0.4, -0.2) is 80.1 Å². The molecule has 11 heteroatoms. The van der Waals surface area contributed by atoms with E-state index in [-0.39, 0.29) is 11.6 Å². The van der Waals surface area contributed by atoms with E-state index in [1.54, 1.807) is 38.1 Å². The van der Waals surface area contributed by atoms with Crippen molar-refractivity contribution in [1.82, 2.24) is 20.0 Å². The minimum Gasteiger partial charge on any atom is -0.481 e. The Hall–Kier alpha value is -3.57. The van der Waals surface area contributed by atoms with Crippen LogP contribution in [0.3, 0.4) is 0 Å². The van der Waals surface area contributed by atoms with E-state index in [1.165, 1.54) is 32.1 Å². The average molecular weight is 537 g/mol. The molecule has 5 rings (SSSR count). The molecular weight excluding hydrogens is 500 g/mol. The zero-order chi connectivity index (χ0) is 27.5. The summed E-state index contributed by atoms with van der Waals surface area (Å²) in [6.07, 6.45) is 6.69. The summed E-state index contributed by atoms with van der Waals surface area (Å²) in [5.74, 6) is -3.74.